The average Bonchev–Trinajstić information content (AvgIpc) is 2.45. The molecule has 0 N–H and O–H groups in total. The van der Waals surface area contributed by atoms with Crippen molar-refractivity contribution in [2.75, 3.05) is 13.2 Å². The van der Waals surface area contributed by atoms with Crippen molar-refractivity contribution in [2.24, 2.45) is 5.10 Å². The van der Waals surface area contributed by atoms with Gasteiger partial charge in [0.2, 0.25) is 0 Å². The minimum atomic E-state index is -0.912. The predicted octanol–water partition coefficient (Wildman–Crippen LogP) is 4.13. The third-order valence-corrected chi connectivity index (χ3v) is 6.06. The van der Waals surface area contributed by atoms with Crippen molar-refractivity contribution in [3.63, 3.8) is 0 Å². The molecule has 0 aliphatic rings. The molecule has 1 aromatic carbocycles. The molecule has 0 saturated heterocycles. The second-order valence-corrected chi connectivity index (χ2v) is 8.36. The maximum Gasteiger partial charge on any atom is 0.119 e. The molecule has 1 rings (SSSR count). The van der Waals surface area contributed by atoms with Crippen molar-refractivity contribution in [3.05, 3.63) is 29.8 Å². The van der Waals surface area contributed by atoms with Crippen LogP contribution in [-0.4, -0.2) is 30.3 Å². The summed E-state index contributed by atoms with van der Waals surface area (Å²) in [7, 11) is 1.95. The van der Waals surface area contributed by atoms with Gasteiger partial charge >= 0.3 is 0 Å². The number of rotatable bonds is 8. The van der Waals surface area contributed by atoms with E-state index in [1.165, 1.54) is 0 Å². The number of benzene rings is 1. The quantitative estimate of drug-likeness (QED) is 0.410. The molecule has 2 unspecified atom stereocenters. The molecule has 3 nitrogen and oxygen atoms in total. The molecule has 0 bridgehead atoms. The minimum absolute atomic E-state index is 0.264. The fourth-order valence-electron chi connectivity index (χ4n) is 1.78. The average molecular weight is 312 g/mol. The minimum Gasteiger partial charge on any atom is -0.491 e. The van der Waals surface area contributed by atoms with Crippen LogP contribution >= 0.6 is 6.85 Å². The monoisotopic (exact) mass is 312 g/mol. The van der Waals surface area contributed by atoms with Crippen LogP contribution < -0.4 is 4.74 Å². The molecule has 0 aromatic heterocycles. The Morgan fingerprint density at radius 1 is 1.35 bits per heavy atom. The Balaban J connectivity index is 2.58. The molecule has 1 aromatic rings. The number of hydrogen-bond donors (Lipinski definition) is 0. The van der Waals surface area contributed by atoms with Gasteiger partial charge in [0.25, 0.3) is 0 Å². The Labute approximate surface area is 128 Å². The number of ether oxygens (including phenoxy) is 1. The molecule has 0 fully saturated rings. The normalized spacial score (nSPS) is 14.2. The maximum absolute atomic E-state index is 5.82. The Kier molecular flexibility index (Phi) is 7.86. The molecule has 20 heavy (non-hydrogen) atoms. The highest BCUT2D eigenvalue weighted by atomic mass is 32.4. The third-order valence-electron chi connectivity index (χ3n) is 2.96. The van der Waals surface area contributed by atoms with Crippen LogP contribution in [0.3, 0.4) is 0 Å². The molecule has 0 amide bonds. The Morgan fingerprint density at radius 2 is 2.00 bits per heavy atom. The van der Waals surface area contributed by atoms with E-state index < -0.39 is 6.85 Å². The summed E-state index contributed by atoms with van der Waals surface area (Å²) in [4.78, 5) is 0. The van der Waals surface area contributed by atoms with Crippen molar-refractivity contribution in [2.45, 2.75) is 39.7 Å². The van der Waals surface area contributed by atoms with Gasteiger partial charge in [-0.1, -0.05) is 32.1 Å². The van der Waals surface area contributed by atoms with Crippen molar-refractivity contribution in [3.8, 4) is 5.75 Å². The van der Waals surface area contributed by atoms with Crippen LogP contribution in [0.4, 0.5) is 0 Å². The summed E-state index contributed by atoms with van der Waals surface area (Å²) in [6, 6.07) is 8.03. The van der Waals surface area contributed by atoms with Gasteiger partial charge in [0.15, 0.2) is 0 Å². The van der Waals surface area contributed by atoms with Crippen LogP contribution in [-0.2, 0) is 11.8 Å². The topological polar surface area (TPSA) is 24.8 Å². The maximum atomic E-state index is 5.82. The third kappa shape index (κ3) is 6.06. The lowest BCUT2D eigenvalue weighted by Gasteiger charge is -2.14. The summed E-state index contributed by atoms with van der Waals surface area (Å²) in [5.74, 6) is 0.915. The molecule has 0 aliphatic heterocycles. The summed E-state index contributed by atoms with van der Waals surface area (Å²) in [5, 5.41) is 4.39. The van der Waals surface area contributed by atoms with Crippen LogP contribution in [0.1, 0.15) is 39.2 Å². The highest BCUT2D eigenvalue weighted by Crippen LogP contribution is 2.24. The number of hydrazone groups is 1. The first kappa shape index (κ1) is 17.2. The van der Waals surface area contributed by atoms with E-state index in [-0.39, 0.29) is 6.10 Å². The molecular formula is C15H25N2OPS. The van der Waals surface area contributed by atoms with E-state index in [4.69, 9.17) is 16.5 Å². The van der Waals surface area contributed by atoms with Gasteiger partial charge in [0, 0.05) is 13.9 Å². The summed E-state index contributed by atoms with van der Waals surface area (Å²) in [5.41, 5.74) is 1.06. The van der Waals surface area contributed by atoms with Crippen molar-refractivity contribution < 1.29 is 4.74 Å². The zero-order chi connectivity index (χ0) is 15.0. The predicted molar refractivity (Wildman–Crippen MR) is 93.0 cm³/mol. The first-order valence-electron chi connectivity index (χ1n) is 7.14. The molecule has 0 spiro atoms. The zero-order valence-electron chi connectivity index (χ0n) is 12.8. The van der Waals surface area contributed by atoms with Crippen molar-refractivity contribution in [1.29, 1.82) is 0 Å². The molecule has 0 heterocycles. The van der Waals surface area contributed by atoms with Gasteiger partial charge in [-0.25, -0.2) is 0 Å². The van der Waals surface area contributed by atoms with E-state index in [0.29, 0.717) is 0 Å². The van der Waals surface area contributed by atoms with Gasteiger partial charge in [0.05, 0.1) is 12.3 Å². The van der Waals surface area contributed by atoms with Crippen molar-refractivity contribution in [1.82, 2.24) is 4.78 Å². The largest absolute Gasteiger partial charge is 0.491 e. The molecule has 0 radical (unpaired) electrons. The highest BCUT2D eigenvalue weighted by Gasteiger charge is 2.02. The van der Waals surface area contributed by atoms with E-state index in [0.717, 1.165) is 30.3 Å². The zero-order valence-corrected chi connectivity index (χ0v) is 14.6. The van der Waals surface area contributed by atoms with Crippen molar-refractivity contribution >= 4 is 24.9 Å². The second kappa shape index (κ2) is 9.15. The Hall–Kier alpha value is -0.860. The fraction of sp³-hybridized carbons (Fsp3) is 0.533. The van der Waals surface area contributed by atoms with Crippen LogP contribution in [0.2, 0.25) is 0 Å². The highest BCUT2D eigenvalue weighted by molar-refractivity contribution is 8.04. The SMILES string of the molecule is CCCC(C)Oc1ccc(/C=N/N(C)[PH](=S)CC)cc1. The lowest BCUT2D eigenvalue weighted by atomic mass is 10.2. The number of nitrogens with zero attached hydrogens (tertiary/aromatic N) is 2. The van der Waals surface area contributed by atoms with Gasteiger partial charge in [-0.15, -0.1) is 0 Å². The molecule has 2 atom stereocenters. The van der Waals surface area contributed by atoms with E-state index in [1.807, 2.05) is 42.3 Å². The van der Waals surface area contributed by atoms with E-state index in [1.54, 1.807) is 0 Å². The molecular weight excluding hydrogens is 287 g/mol. The first-order chi connectivity index (χ1) is 9.56. The smallest absolute Gasteiger partial charge is 0.119 e. The van der Waals surface area contributed by atoms with Gasteiger partial charge in [0.1, 0.15) is 5.75 Å². The molecule has 0 saturated carbocycles. The van der Waals surface area contributed by atoms with E-state index in [2.05, 4.69) is 25.9 Å². The van der Waals surface area contributed by atoms with Gasteiger partial charge < -0.3 is 4.74 Å². The summed E-state index contributed by atoms with van der Waals surface area (Å²) in [6.07, 6.45) is 5.34. The summed E-state index contributed by atoms with van der Waals surface area (Å²) < 4.78 is 7.73. The first-order valence-corrected chi connectivity index (χ1v) is 9.92. The van der Waals surface area contributed by atoms with Crippen LogP contribution in [0, 0.1) is 0 Å². The van der Waals surface area contributed by atoms with Crippen LogP contribution in [0.25, 0.3) is 0 Å². The fourth-order valence-corrected chi connectivity index (χ4v) is 2.56. The van der Waals surface area contributed by atoms with E-state index in [9.17, 15) is 0 Å². The van der Waals surface area contributed by atoms with Crippen LogP contribution in [0.5, 0.6) is 5.75 Å². The summed E-state index contributed by atoms with van der Waals surface area (Å²) in [6.45, 7) is 5.47. The molecule has 0 aliphatic carbocycles. The lowest BCUT2D eigenvalue weighted by molar-refractivity contribution is 0.210. The second-order valence-electron chi connectivity index (χ2n) is 4.80. The van der Waals surface area contributed by atoms with Gasteiger partial charge in [-0.2, -0.15) is 5.10 Å². The Bertz CT molecular complexity index is 448. The lowest BCUT2D eigenvalue weighted by Crippen LogP contribution is -2.10. The molecule has 112 valence electrons. The van der Waals surface area contributed by atoms with E-state index >= 15 is 0 Å². The van der Waals surface area contributed by atoms with Gasteiger partial charge in [-0.3, -0.25) is 4.78 Å². The van der Waals surface area contributed by atoms with Crippen LogP contribution in [0.15, 0.2) is 29.4 Å². The number of hydrogen-bond acceptors (Lipinski definition) is 3. The van der Waals surface area contributed by atoms with Gasteiger partial charge in [-0.05, 0) is 49.3 Å². The Morgan fingerprint density at radius 3 is 2.55 bits per heavy atom. The molecule has 5 heteroatoms. The summed E-state index contributed by atoms with van der Waals surface area (Å²) >= 11 is 5.36. The standard InChI is InChI=1S/C15H25N2OPS/c1-5-7-13(3)18-15-10-8-14(9-11-15)12-16-17(4)19(20)6-2/h8-13,19H,5-7H2,1-4H3/b16-12+.